The number of benzene rings is 1. The maximum atomic E-state index is 11.7. The molecule has 1 aromatic rings. The van der Waals surface area contributed by atoms with Gasteiger partial charge in [0.25, 0.3) is 0 Å². The number of carboxylic acid groups (broad SMARTS) is 1. The van der Waals surface area contributed by atoms with Gasteiger partial charge in [0.05, 0.1) is 0 Å². The monoisotopic (exact) mass is 264 g/mol. The minimum absolute atomic E-state index is 0.113. The molecule has 1 atom stereocenters. The first-order chi connectivity index (χ1) is 9.04. The SMILES string of the molecule is CCC(C(=O)O)N(C)CCC(=O)Nc1ccccc1. The zero-order valence-electron chi connectivity index (χ0n) is 11.3. The first-order valence-electron chi connectivity index (χ1n) is 6.32. The van der Waals surface area contributed by atoms with Crippen molar-refractivity contribution in [3.63, 3.8) is 0 Å². The lowest BCUT2D eigenvalue weighted by Gasteiger charge is -2.22. The highest BCUT2D eigenvalue weighted by Crippen LogP contribution is 2.07. The number of anilines is 1. The maximum Gasteiger partial charge on any atom is 0.320 e. The van der Waals surface area contributed by atoms with Crippen LogP contribution in [0.3, 0.4) is 0 Å². The molecular weight excluding hydrogens is 244 g/mol. The molecule has 0 spiro atoms. The van der Waals surface area contributed by atoms with Gasteiger partial charge in [0.2, 0.25) is 5.91 Å². The van der Waals surface area contributed by atoms with Gasteiger partial charge in [0.1, 0.15) is 6.04 Å². The lowest BCUT2D eigenvalue weighted by atomic mass is 10.2. The van der Waals surface area contributed by atoms with Gasteiger partial charge in [0.15, 0.2) is 0 Å². The number of carbonyl (C=O) groups is 2. The Kier molecular flexibility index (Phi) is 6.02. The highest BCUT2D eigenvalue weighted by atomic mass is 16.4. The Morgan fingerprint density at radius 2 is 1.95 bits per heavy atom. The van der Waals surface area contributed by atoms with Crippen LogP contribution in [-0.2, 0) is 9.59 Å². The third kappa shape index (κ3) is 5.09. The van der Waals surface area contributed by atoms with Crippen LogP contribution in [-0.4, -0.2) is 41.5 Å². The van der Waals surface area contributed by atoms with Crippen LogP contribution in [0.2, 0.25) is 0 Å². The van der Waals surface area contributed by atoms with Crippen molar-refractivity contribution in [1.29, 1.82) is 0 Å². The van der Waals surface area contributed by atoms with Crippen LogP contribution in [0.15, 0.2) is 30.3 Å². The molecule has 0 aliphatic rings. The predicted molar refractivity (Wildman–Crippen MR) is 74.0 cm³/mol. The minimum atomic E-state index is -0.853. The van der Waals surface area contributed by atoms with Crippen LogP contribution >= 0.6 is 0 Å². The Morgan fingerprint density at radius 3 is 2.47 bits per heavy atom. The molecule has 0 bridgehead atoms. The molecule has 5 nitrogen and oxygen atoms in total. The summed E-state index contributed by atoms with van der Waals surface area (Å²) in [6.07, 6.45) is 0.793. The number of para-hydroxylation sites is 1. The molecule has 2 N–H and O–H groups in total. The standard InChI is InChI=1S/C14H20N2O3/c1-3-12(14(18)19)16(2)10-9-13(17)15-11-7-5-4-6-8-11/h4-8,12H,3,9-10H2,1-2H3,(H,15,17)(H,18,19). The Labute approximate surface area is 113 Å². The molecule has 104 valence electrons. The van der Waals surface area contributed by atoms with Crippen molar-refractivity contribution in [3.8, 4) is 0 Å². The molecule has 0 aliphatic carbocycles. The average Bonchev–Trinajstić information content (AvgIpc) is 2.38. The summed E-state index contributed by atoms with van der Waals surface area (Å²) >= 11 is 0. The molecule has 0 fully saturated rings. The van der Waals surface area contributed by atoms with Crippen LogP contribution < -0.4 is 5.32 Å². The average molecular weight is 264 g/mol. The number of amides is 1. The third-order valence-corrected chi connectivity index (χ3v) is 2.95. The van der Waals surface area contributed by atoms with Gasteiger partial charge in [-0.2, -0.15) is 0 Å². The van der Waals surface area contributed by atoms with E-state index in [-0.39, 0.29) is 12.3 Å². The normalized spacial score (nSPS) is 12.2. The molecule has 1 aromatic carbocycles. The van der Waals surface area contributed by atoms with Gasteiger partial charge < -0.3 is 10.4 Å². The first-order valence-corrected chi connectivity index (χ1v) is 6.32. The lowest BCUT2D eigenvalue weighted by molar-refractivity contribution is -0.143. The maximum absolute atomic E-state index is 11.7. The summed E-state index contributed by atoms with van der Waals surface area (Å²) in [5, 5.41) is 11.8. The Bertz CT molecular complexity index is 420. The quantitative estimate of drug-likeness (QED) is 0.788. The van der Waals surface area contributed by atoms with E-state index in [1.54, 1.807) is 11.9 Å². The third-order valence-electron chi connectivity index (χ3n) is 2.95. The number of carbonyl (C=O) groups excluding carboxylic acids is 1. The highest BCUT2D eigenvalue weighted by Gasteiger charge is 2.20. The van der Waals surface area contributed by atoms with Crippen molar-refractivity contribution in [2.45, 2.75) is 25.8 Å². The number of nitrogens with one attached hydrogen (secondary N) is 1. The van der Waals surface area contributed by atoms with Gasteiger partial charge in [-0.05, 0) is 25.6 Å². The number of aliphatic carboxylic acids is 1. The molecule has 1 rings (SSSR count). The smallest absolute Gasteiger partial charge is 0.320 e. The van der Waals surface area contributed by atoms with E-state index >= 15 is 0 Å². The summed E-state index contributed by atoms with van der Waals surface area (Å²) in [4.78, 5) is 24.4. The van der Waals surface area contributed by atoms with Crippen LogP contribution in [0.4, 0.5) is 5.69 Å². The summed E-state index contributed by atoms with van der Waals surface area (Å²) in [6, 6.07) is 8.66. The van der Waals surface area contributed by atoms with Gasteiger partial charge in [-0.25, -0.2) is 0 Å². The largest absolute Gasteiger partial charge is 0.480 e. The molecule has 0 saturated heterocycles. The second-order valence-electron chi connectivity index (χ2n) is 4.41. The van der Waals surface area contributed by atoms with E-state index in [4.69, 9.17) is 5.11 Å². The topological polar surface area (TPSA) is 69.6 Å². The second kappa shape index (κ2) is 7.53. The number of carboxylic acids is 1. The zero-order chi connectivity index (χ0) is 14.3. The molecule has 0 saturated carbocycles. The minimum Gasteiger partial charge on any atom is -0.480 e. The van der Waals surface area contributed by atoms with E-state index in [1.807, 2.05) is 37.3 Å². The van der Waals surface area contributed by atoms with Gasteiger partial charge in [0, 0.05) is 18.7 Å². The first kappa shape index (κ1) is 15.2. The molecule has 5 heteroatoms. The van der Waals surface area contributed by atoms with Crippen molar-refractivity contribution in [2.75, 3.05) is 18.9 Å². The number of likely N-dealkylation sites (N-methyl/N-ethyl adjacent to an activating group) is 1. The number of hydrogen-bond donors (Lipinski definition) is 2. The van der Waals surface area contributed by atoms with E-state index in [0.29, 0.717) is 13.0 Å². The van der Waals surface area contributed by atoms with Crippen LogP contribution in [0.25, 0.3) is 0 Å². The molecule has 19 heavy (non-hydrogen) atoms. The van der Waals surface area contributed by atoms with Gasteiger partial charge in [-0.1, -0.05) is 25.1 Å². The fourth-order valence-electron chi connectivity index (χ4n) is 1.85. The Balaban J connectivity index is 2.40. The summed E-state index contributed by atoms with van der Waals surface area (Å²) in [7, 11) is 1.72. The Hall–Kier alpha value is -1.88. The number of rotatable bonds is 7. The molecule has 1 amide bonds. The van der Waals surface area contributed by atoms with Crippen molar-refractivity contribution >= 4 is 17.6 Å². The van der Waals surface area contributed by atoms with E-state index in [9.17, 15) is 9.59 Å². The number of nitrogens with zero attached hydrogens (tertiary/aromatic N) is 1. The van der Waals surface area contributed by atoms with Crippen molar-refractivity contribution in [3.05, 3.63) is 30.3 Å². The summed E-state index contributed by atoms with van der Waals surface area (Å²) in [6.45, 7) is 2.24. The summed E-state index contributed by atoms with van der Waals surface area (Å²) in [5.74, 6) is -0.966. The van der Waals surface area contributed by atoms with Crippen LogP contribution in [0, 0.1) is 0 Å². The molecule has 0 radical (unpaired) electrons. The predicted octanol–water partition coefficient (Wildman–Crippen LogP) is 1.81. The van der Waals surface area contributed by atoms with E-state index < -0.39 is 12.0 Å². The van der Waals surface area contributed by atoms with Crippen molar-refractivity contribution < 1.29 is 14.7 Å². The van der Waals surface area contributed by atoms with Gasteiger partial charge in [-0.3, -0.25) is 14.5 Å². The van der Waals surface area contributed by atoms with E-state index in [1.165, 1.54) is 0 Å². The molecule has 0 aromatic heterocycles. The van der Waals surface area contributed by atoms with Crippen molar-refractivity contribution in [1.82, 2.24) is 4.90 Å². The fraction of sp³-hybridized carbons (Fsp3) is 0.429. The fourth-order valence-corrected chi connectivity index (χ4v) is 1.85. The molecular formula is C14H20N2O3. The van der Waals surface area contributed by atoms with Crippen LogP contribution in [0.1, 0.15) is 19.8 Å². The molecule has 0 aliphatic heterocycles. The summed E-state index contributed by atoms with van der Waals surface area (Å²) in [5.41, 5.74) is 0.750. The van der Waals surface area contributed by atoms with Gasteiger partial charge in [-0.15, -0.1) is 0 Å². The van der Waals surface area contributed by atoms with Gasteiger partial charge >= 0.3 is 5.97 Å². The number of hydrogen-bond acceptors (Lipinski definition) is 3. The molecule has 1 unspecified atom stereocenters. The zero-order valence-corrected chi connectivity index (χ0v) is 11.3. The Morgan fingerprint density at radius 1 is 1.32 bits per heavy atom. The lowest BCUT2D eigenvalue weighted by Crippen LogP contribution is -2.39. The second-order valence-corrected chi connectivity index (χ2v) is 4.41. The van der Waals surface area contributed by atoms with Crippen LogP contribution in [0.5, 0.6) is 0 Å². The highest BCUT2D eigenvalue weighted by molar-refractivity contribution is 5.90. The molecule has 0 heterocycles. The van der Waals surface area contributed by atoms with E-state index in [0.717, 1.165) is 5.69 Å². The van der Waals surface area contributed by atoms with E-state index in [2.05, 4.69) is 5.32 Å². The summed E-state index contributed by atoms with van der Waals surface area (Å²) < 4.78 is 0. The van der Waals surface area contributed by atoms with Crippen molar-refractivity contribution in [2.24, 2.45) is 0 Å².